The minimum absolute atomic E-state index is 0.615. The monoisotopic (exact) mass is 129 g/mol. The fourth-order valence-corrected chi connectivity index (χ4v) is 1.29. The third kappa shape index (κ3) is 1.64. The number of nitrogens with zero attached hydrogens (tertiary/aromatic N) is 1. The molecule has 3 heteroatoms. The van der Waals surface area contributed by atoms with Crippen molar-refractivity contribution in [2.24, 2.45) is 5.84 Å². The van der Waals surface area contributed by atoms with Crippen LogP contribution in [-0.2, 0) is 0 Å². The zero-order valence-electron chi connectivity index (χ0n) is 5.93. The van der Waals surface area contributed by atoms with E-state index in [-0.39, 0.29) is 0 Å². The molecule has 1 unspecified atom stereocenters. The van der Waals surface area contributed by atoms with Crippen molar-refractivity contribution >= 4 is 0 Å². The van der Waals surface area contributed by atoms with E-state index in [4.69, 9.17) is 5.84 Å². The molecule has 1 atom stereocenters. The second-order valence-corrected chi connectivity index (χ2v) is 2.67. The van der Waals surface area contributed by atoms with E-state index in [9.17, 15) is 0 Å². The van der Waals surface area contributed by atoms with Crippen molar-refractivity contribution < 1.29 is 0 Å². The number of piperidine rings is 1. The molecule has 0 aliphatic carbocycles. The smallest absolute Gasteiger partial charge is 0.0228 e. The normalized spacial score (nSPS) is 30.7. The first-order valence-corrected chi connectivity index (χ1v) is 3.57. The molecule has 0 spiro atoms. The Morgan fingerprint density at radius 3 is 2.78 bits per heavy atom. The summed E-state index contributed by atoms with van der Waals surface area (Å²) in [6.45, 7) is 3.29. The zero-order valence-corrected chi connectivity index (χ0v) is 5.93. The van der Waals surface area contributed by atoms with Crippen molar-refractivity contribution in [1.82, 2.24) is 10.5 Å². The van der Waals surface area contributed by atoms with Gasteiger partial charge in [-0.15, -0.1) is 0 Å². The summed E-state index contributed by atoms with van der Waals surface area (Å²) in [7, 11) is 0. The van der Waals surface area contributed by atoms with Crippen LogP contribution in [0.4, 0.5) is 0 Å². The Balaban J connectivity index is 2.30. The molecule has 1 saturated heterocycles. The Morgan fingerprint density at radius 2 is 2.33 bits per heavy atom. The van der Waals surface area contributed by atoms with Crippen molar-refractivity contribution in [2.75, 3.05) is 6.54 Å². The van der Waals surface area contributed by atoms with E-state index in [0.29, 0.717) is 6.04 Å². The van der Waals surface area contributed by atoms with Gasteiger partial charge in [0.25, 0.3) is 0 Å². The molecule has 0 saturated carbocycles. The lowest BCUT2D eigenvalue weighted by Gasteiger charge is -2.31. The Kier molecular flexibility index (Phi) is 2.45. The van der Waals surface area contributed by atoms with Crippen molar-refractivity contribution in [3.05, 3.63) is 0 Å². The van der Waals surface area contributed by atoms with E-state index < -0.39 is 0 Å². The average Bonchev–Trinajstić information content (AvgIpc) is 1.89. The molecule has 54 valence electrons. The lowest BCUT2D eigenvalue weighted by Crippen LogP contribution is -2.50. The maximum Gasteiger partial charge on any atom is 0.0228 e. The van der Waals surface area contributed by atoms with Crippen molar-refractivity contribution in [1.29, 1.82) is 0 Å². The number of hydrogen-bond donors (Lipinski definition) is 2. The van der Waals surface area contributed by atoms with Crippen LogP contribution in [0.5, 0.6) is 0 Å². The van der Waals surface area contributed by atoms with Gasteiger partial charge in [-0.2, -0.15) is 5.53 Å². The van der Waals surface area contributed by atoms with Crippen LogP contribution >= 0.6 is 0 Å². The summed E-state index contributed by atoms with van der Waals surface area (Å²) in [4.78, 5) is 0. The van der Waals surface area contributed by atoms with Crippen LogP contribution in [0.2, 0.25) is 0 Å². The van der Waals surface area contributed by atoms with Crippen LogP contribution in [0, 0.1) is 0 Å². The van der Waals surface area contributed by atoms with Crippen LogP contribution in [0.3, 0.4) is 0 Å². The highest BCUT2D eigenvalue weighted by Crippen LogP contribution is 2.12. The summed E-state index contributed by atoms with van der Waals surface area (Å²) in [6.07, 6.45) is 3.89. The van der Waals surface area contributed by atoms with Crippen LogP contribution in [-0.4, -0.2) is 17.6 Å². The largest absolute Gasteiger partial charge is 0.258 e. The van der Waals surface area contributed by atoms with Gasteiger partial charge in [-0.05, 0) is 19.8 Å². The quantitative estimate of drug-likeness (QED) is 0.393. The molecule has 0 bridgehead atoms. The van der Waals surface area contributed by atoms with E-state index in [2.05, 4.69) is 17.5 Å². The van der Waals surface area contributed by atoms with Crippen LogP contribution in [0.15, 0.2) is 0 Å². The summed E-state index contributed by atoms with van der Waals surface area (Å²) in [6, 6.07) is 0.615. The van der Waals surface area contributed by atoms with Gasteiger partial charge in [0.05, 0.1) is 0 Å². The summed E-state index contributed by atoms with van der Waals surface area (Å²) in [5, 5.41) is 2.09. The minimum Gasteiger partial charge on any atom is -0.258 e. The lowest BCUT2D eigenvalue weighted by atomic mass is 10.1. The first-order valence-electron chi connectivity index (χ1n) is 3.57. The number of hydrogen-bond acceptors (Lipinski definition) is 3. The third-order valence-corrected chi connectivity index (χ3v) is 1.97. The molecule has 1 aliphatic heterocycles. The van der Waals surface area contributed by atoms with Gasteiger partial charge in [0.2, 0.25) is 0 Å². The standard InChI is InChI=1S/C6H15N3/c1-6-4-2-3-5-9(6)8-7/h6,8H,2-5,7H2,1H3. The van der Waals surface area contributed by atoms with E-state index in [1.54, 1.807) is 0 Å². The number of rotatable bonds is 1. The Labute approximate surface area is 56.1 Å². The highest BCUT2D eigenvalue weighted by Gasteiger charge is 2.15. The lowest BCUT2D eigenvalue weighted by molar-refractivity contribution is 0.0973. The molecular weight excluding hydrogens is 114 g/mol. The summed E-state index contributed by atoms with van der Waals surface area (Å²) < 4.78 is 0. The highest BCUT2D eigenvalue weighted by atomic mass is 15.6. The molecule has 0 amide bonds. The highest BCUT2D eigenvalue weighted by molar-refractivity contribution is 4.67. The number of nitrogens with one attached hydrogen (secondary N) is 1. The van der Waals surface area contributed by atoms with Crippen LogP contribution < -0.4 is 11.4 Å². The van der Waals surface area contributed by atoms with Gasteiger partial charge in [-0.3, -0.25) is 5.84 Å². The molecule has 0 aromatic rings. The molecule has 3 nitrogen and oxygen atoms in total. The summed E-state index contributed by atoms with van der Waals surface area (Å²) in [5.74, 6) is 5.27. The Bertz CT molecular complexity index is 84.4. The third-order valence-electron chi connectivity index (χ3n) is 1.97. The minimum atomic E-state index is 0.615. The van der Waals surface area contributed by atoms with E-state index >= 15 is 0 Å². The zero-order chi connectivity index (χ0) is 6.69. The molecular formula is C6H15N3. The van der Waals surface area contributed by atoms with Gasteiger partial charge < -0.3 is 0 Å². The van der Waals surface area contributed by atoms with Gasteiger partial charge in [0.1, 0.15) is 0 Å². The summed E-state index contributed by atoms with van der Waals surface area (Å²) in [5.41, 5.74) is 2.69. The number of hydrazine groups is 2. The SMILES string of the molecule is CC1CCCCN1NN. The fraction of sp³-hybridized carbons (Fsp3) is 1.00. The molecule has 0 aromatic carbocycles. The first kappa shape index (κ1) is 6.99. The molecule has 1 aliphatic rings. The van der Waals surface area contributed by atoms with E-state index in [1.807, 2.05) is 0 Å². The predicted molar refractivity (Wildman–Crippen MR) is 37.3 cm³/mol. The number of nitrogens with two attached hydrogens (primary N) is 1. The molecule has 3 N–H and O–H groups in total. The van der Waals surface area contributed by atoms with Gasteiger partial charge in [-0.25, -0.2) is 5.01 Å². The predicted octanol–water partition coefficient (Wildman–Crippen LogP) is 0.239. The second-order valence-electron chi connectivity index (χ2n) is 2.67. The molecule has 1 heterocycles. The molecule has 1 fully saturated rings. The Hall–Kier alpha value is -0.120. The van der Waals surface area contributed by atoms with Gasteiger partial charge in [0.15, 0.2) is 0 Å². The van der Waals surface area contributed by atoms with Crippen molar-refractivity contribution in [2.45, 2.75) is 32.2 Å². The van der Waals surface area contributed by atoms with Crippen LogP contribution in [0.1, 0.15) is 26.2 Å². The van der Waals surface area contributed by atoms with Crippen molar-refractivity contribution in [3.63, 3.8) is 0 Å². The van der Waals surface area contributed by atoms with E-state index in [1.165, 1.54) is 19.3 Å². The van der Waals surface area contributed by atoms with E-state index in [0.717, 1.165) is 6.54 Å². The maximum absolute atomic E-state index is 5.27. The first-order chi connectivity index (χ1) is 4.34. The van der Waals surface area contributed by atoms with Gasteiger partial charge in [0, 0.05) is 12.6 Å². The molecule has 1 rings (SSSR count). The summed E-state index contributed by atoms with van der Waals surface area (Å²) >= 11 is 0. The van der Waals surface area contributed by atoms with Crippen molar-refractivity contribution in [3.8, 4) is 0 Å². The molecule has 0 aromatic heterocycles. The average molecular weight is 129 g/mol. The Morgan fingerprint density at radius 1 is 1.56 bits per heavy atom. The second kappa shape index (κ2) is 3.15. The maximum atomic E-state index is 5.27. The van der Waals surface area contributed by atoms with Gasteiger partial charge >= 0.3 is 0 Å². The van der Waals surface area contributed by atoms with Gasteiger partial charge in [-0.1, -0.05) is 6.42 Å². The topological polar surface area (TPSA) is 41.3 Å². The van der Waals surface area contributed by atoms with Crippen LogP contribution in [0.25, 0.3) is 0 Å². The molecule has 0 radical (unpaired) electrons. The molecule has 9 heavy (non-hydrogen) atoms. The fourth-order valence-electron chi connectivity index (χ4n) is 1.29.